The van der Waals surface area contributed by atoms with Crippen molar-refractivity contribution in [2.24, 2.45) is 0 Å². The van der Waals surface area contributed by atoms with Crippen molar-refractivity contribution >= 4 is 5.97 Å². The standard InChI is InChI=1S/C12H22O3/c1-12(2,14)9-8-11(13)15-10-6-4-3-5-7-10/h10,14H,3-9H2,1-2H3. The summed E-state index contributed by atoms with van der Waals surface area (Å²) < 4.78 is 5.34. The van der Waals surface area contributed by atoms with Gasteiger partial charge in [-0.1, -0.05) is 6.42 Å². The molecule has 0 aromatic heterocycles. The first-order chi connectivity index (χ1) is 6.97. The van der Waals surface area contributed by atoms with E-state index in [0.717, 1.165) is 12.8 Å². The van der Waals surface area contributed by atoms with E-state index in [9.17, 15) is 9.90 Å². The molecule has 0 spiro atoms. The smallest absolute Gasteiger partial charge is 0.306 e. The van der Waals surface area contributed by atoms with Gasteiger partial charge in [-0.2, -0.15) is 0 Å². The summed E-state index contributed by atoms with van der Waals surface area (Å²) in [6.45, 7) is 3.42. The van der Waals surface area contributed by atoms with E-state index >= 15 is 0 Å². The van der Waals surface area contributed by atoms with Crippen LogP contribution in [0.3, 0.4) is 0 Å². The van der Waals surface area contributed by atoms with Crippen LogP contribution < -0.4 is 0 Å². The molecule has 0 saturated heterocycles. The van der Waals surface area contributed by atoms with E-state index in [2.05, 4.69) is 0 Å². The monoisotopic (exact) mass is 214 g/mol. The molecular formula is C12H22O3. The quantitative estimate of drug-likeness (QED) is 0.731. The van der Waals surface area contributed by atoms with Gasteiger partial charge in [-0.3, -0.25) is 4.79 Å². The van der Waals surface area contributed by atoms with Crippen LogP contribution in [0.5, 0.6) is 0 Å². The Hall–Kier alpha value is -0.570. The van der Waals surface area contributed by atoms with Crippen LogP contribution in [0.2, 0.25) is 0 Å². The molecule has 0 radical (unpaired) electrons. The maximum absolute atomic E-state index is 11.4. The second kappa shape index (κ2) is 5.50. The van der Waals surface area contributed by atoms with Crippen LogP contribution >= 0.6 is 0 Å². The van der Waals surface area contributed by atoms with E-state index in [4.69, 9.17) is 4.74 Å². The number of esters is 1. The maximum atomic E-state index is 11.4. The van der Waals surface area contributed by atoms with Crippen molar-refractivity contribution in [1.29, 1.82) is 0 Å². The molecule has 1 aliphatic rings. The molecule has 15 heavy (non-hydrogen) atoms. The lowest BCUT2D eigenvalue weighted by Crippen LogP contribution is -2.24. The summed E-state index contributed by atoms with van der Waals surface area (Å²) in [5, 5.41) is 9.46. The predicted octanol–water partition coefficient (Wildman–Crippen LogP) is 2.41. The number of aliphatic hydroxyl groups is 1. The maximum Gasteiger partial charge on any atom is 0.306 e. The fourth-order valence-corrected chi connectivity index (χ4v) is 1.84. The Balaban J connectivity index is 2.17. The Morgan fingerprint density at radius 3 is 2.47 bits per heavy atom. The molecule has 0 aliphatic heterocycles. The number of ether oxygens (including phenoxy) is 1. The highest BCUT2D eigenvalue weighted by Gasteiger charge is 2.20. The van der Waals surface area contributed by atoms with E-state index in [1.807, 2.05) is 0 Å². The van der Waals surface area contributed by atoms with Gasteiger partial charge in [0.25, 0.3) is 0 Å². The van der Waals surface area contributed by atoms with E-state index in [0.29, 0.717) is 12.8 Å². The lowest BCUT2D eigenvalue weighted by Gasteiger charge is -2.22. The Bertz CT molecular complexity index is 199. The van der Waals surface area contributed by atoms with Gasteiger partial charge in [0.1, 0.15) is 6.10 Å². The number of hydrogen-bond donors (Lipinski definition) is 1. The van der Waals surface area contributed by atoms with Gasteiger partial charge in [0.15, 0.2) is 0 Å². The molecule has 0 heterocycles. The fourth-order valence-electron chi connectivity index (χ4n) is 1.84. The Morgan fingerprint density at radius 1 is 1.33 bits per heavy atom. The zero-order valence-electron chi connectivity index (χ0n) is 9.79. The molecule has 1 aliphatic carbocycles. The minimum Gasteiger partial charge on any atom is -0.462 e. The lowest BCUT2D eigenvalue weighted by molar-refractivity contribution is -0.151. The van der Waals surface area contributed by atoms with Gasteiger partial charge < -0.3 is 9.84 Å². The molecule has 1 N–H and O–H groups in total. The largest absolute Gasteiger partial charge is 0.462 e. The second-order valence-electron chi connectivity index (χ2n) is 5.06. The van der Waals surface area contributed by atoms with Crippen molar-refractivity contribution in [2.45, 2.75) is 70.5 Å². The molecular weight excluding hydrogens is 192 g/mol. The molecule has 0 aromatic rings. The molecule has 1 saturated carbocycles. The van der Waals surface area contributed by atoms with Gasteiger partial charge >= 0.3 is 5.97 Å². The molecule has 0 bridgehead atoms. The summed E-state index contributed by atoms with van der Waals surface area (Å²) in [7, 11) is 0. The first-order valence-electron chi connectivity index (χ1n) is 5.89. The summed E-state index contributed by atoms with van der Waals surface area (Å²) in [4.78, 5) is 11.4. The lowest BCUT2D eigenvalue weighted by atomic mass is 9.97. The Kier molecular flexibility index (Phi) is 4.58. The Labute approximate surface area is 91.8 Å². The van der Waals surface area contributed by atoms with Crippen molar-refractivity contribution in [3.05, 3.63) is 0 Å². The average Bonchev–Trinajstić information content (AvgIpc) is 2.15. The molecule has 3 nitrogen and oxygen atoms in total. The van der Waals surface area contributed by atoms with Gasteiger partial charge in [-0.25, -0.2) is 0 Å². The third-order valence-electron chi connectivity index (χ3n) is 2.79. The second-order valence-corrected chi connectivity index (χ2v) is 5.06. The minimum atomic E-state index is -0.772. The van der Waals surface area contributed by atoms with Gasteiger partial charge in [-0.05, 0) is 46.0 Å². The highest BCUT2D eigenvalue weighted by molar-refractivity contribution is 5.69. The molecule has 88 valence electrons. The topological polar surface area (TPSA) is 46.5 Å². The molecule has 0 aromatic carbocycles. The first kappa shape index (κ1) is 12.5. The summed E-state index contributed by atoms with van der Waals surface area (Å²) in [5.41, 5.74) is -0.772. The van der Waals surface area contributed by atoms with Crippen molar-refractivity contribution < 1.29 is 14.6 Å². The van der Waals surface area contributed by atoms with Crippen molar-refractivity contribution in [3.8, 4) is 0 Å². The van der Waals surface area contributed by atoms with Crippen LogP contribution in [0, 0.1) is 0 Å². The molecule has 0 amide bonds. The summed E-state index contributed by atoms with van der Waals surface area (Å²) in [6, 6.07) is 0. The van der Waals surface area contributed by atoms with Crippen LogP contribution in [0.1, 0.15) is 58.8 Å². The number of rotatable bonds is 4. The van der Waals surface area contributed by atoms with Crippen LogP contribution in [0.4, 0.5) is 0 Å². The van der Waals surface area contributed by atoms with E-state index in [1.165, 1.54) is 19.3 Å². The summed E-state index contributed by atoms with van der Waals surface area (Å²) in [5.74, 6) is -0.163. The molecule has 1 fully saturated rings. The van der Waals surface area contributed by atoms with Gasteiger partial charge in [0.05, 0.1) is 5.60 Å². The van der Waals surface area contributed by atoms with E-state index in [-0.39, 0.29) is 12.1 Å². The zero-order chi connectivity index (χ0) is 11.3. The zero-order valence-corrected chi connectivity index (χ0v) is 9.79. The molecule has 0 atom stereocenters. The van der Waals surface area contributed by atoms with Crippen LogP contribution in [-0.4, -0.2) is 22.8 Å². The summed E-state index contributed by atoms with van der Waals surface area (Å²) >= 11 is 0. The van der Waals surface area contributed by atoms with E-state index in [1.54, 1.807) is 13.8 Å². The Morgan fingerprint density at radius 2 is 1.93 bits per heavy atom. The highest BCUT2D eigenvalue weighted by atomic mass is 16.5. The van der Waals surface area contributed by atoms with Crippen LogP contribution in [0.25, 0.3) is 0 Å². The summed E-state index contributed by atoms with van der Waals surface area (Å²) in [6.07, 6.45) is 6.54. The third-order valence-corrected chi connectivity index (χ3v) is 2.79. The van der Waals surface area contributed by atoms with Crippen molar-refractivity contribution in [1.82, 2.24) is 0 Å². The number of carbonyl (C=O) groups excluding carboxylic acids is 1. The predicted molar refractivity (Wildman–Crippen MR) is 58.5 cm³/mol. The van der Waals surface area contributed by atoms with Crippen molar-refractivity contribution in [2.75, 3.05) is 0 Å². The van der Waals surface area contributed by atoms with Gasteiger partial charge in [0, 0.05) is 6.42 Å². The molecule has 0 unspecified atom stereocenters. The fraction of sp³-hybridized carbons (Fsp3) is 0.917. The highest BCUT2D eigenvalue weighted by Crippen LogP contribution is 2.21. The number of carbonyl (C=O) groups is 1. The average molecular weight is 214 g/mol. The minimum absolute atomic E-state index is 0.132. The first-order valence-corrected chi connectivity index (χ1v) is 5.89. The molecule has 3 heteroatoms. The van der Waals surface area contributed by atoms with Gasteiger partial charge in [0.2, 0.25) is 0 Å². The molecule has 1 rings (SSSR count). The third kappa shape index (κ3) is 5.78. The van der Waals surface area contributed by atoms with Crippen molar-refractivity contribution in [3.63, 3.8) is 0 Å². The van der Waals surface area contributed by atoms with E-state index < -0.39 is 5.60 Å². The van der Waals surface area contributed by atoms with Gasteiger partial charge in [-0.15, -0.1) is 0 Å². The SMILES string of the molecule is CC(C)(O)CCC(=O)OC1CCCCC1. The van der Waals surface area contributed by atoms with Crippen LogP contribution in [-0.2, 0) is 9.53 Å². The number of hydrogen-bond acceptors (Lipinski definition) is 3. The van der Waals surface area contributed by atoms with Crippen LogP contribution in [0.15, 0.2) is 0 Å². The normalized spacial score (nSPS) is 18.9.